The molecule has 1 amide bonds. The monoisotopic (exact) mass is 432 g/mol. The van der Waals surface area contributed by atoms with Gasteiger partial charge in [0.05, 0.1) is 10.3 Å². The van der Waals surface area contributed by atoms with Crippen LogP contribution in [0.4, 0.5) is 5.69 Å². The number of carbonyl (C=O) groups is 1. The third kappa shape index (κ3) is 3.93. The maximum Gasteiger partial charge on any atom is 0.240 e. The molecular formula is C22H25ClN2O3S. The van der Waals surface area contributed by atoms with E-state index in [1.165, 1.54) is 0 Å². The number of nitrogens with one attached hydrogen (secondary N) is 2. The molecule has 2 N–H and O–H groups in total. The molecule has 1 saturated carbocycles. The number of anilines is 1. The van der Waals surface area contributed by atoms with Gasteiger partial charge in [-0.25, -0.2) is 13.1 Å². The van der Waals surface area contributed by atoms with E-state index in [1.807, 2.05) is 25.1 Å². The number of amides is 1. The van der Waals surface area contributed by atoms with Gasteiger partial charge in [0.15, 0.2) is 0 Å². The van der Waals surface area contributed by atoms with Gasteiger partial charge in [-0.3, -0.25) is 4.79 Å². The fourth-order valence-electron chi connectivity index (χ4n) is 4.34. The lowest BCUT2D eigenvalue weighted by molar-refractivity contribution is -0.120. The lowest BCUT2D eigenvalue weighted by Crippen LogP contribution is -2.36. The Bertz CT molecular complexity index is 1050. The molecule has 0 radical (unpaired) electrons. The average Bonchev–Trinajstić information content (AvgIpc) is 2.94. The largest absolute Gasteiger partial charge is 0.325 e. The molecule has 1 fully saturated rings. The molecule has 1 aliphatic carbocycles. The molecule has 2 aromatic rings. The van der Waals surface area contributed by atoms with Crippen molar-refractivity contribution in [3.8, 4) is 0 Å². The molecule has 0 saturated heterocycles. The van der Waals surface area contributed by atoms with E-state index in [0.717, 1.165) is 37.7 Å². The average molecular weight is 433 g/mol. The first-order chi connectivity index (χ1) is 13.8. The summed E-state index contributed by atoms with van der Waals surface area (Å²) in [6, 6.07) is 12.3. The van der Waals surface area contributed by atoms with Crippen molar-refractivity contribution in [2.45, 2.75) is 61.8 Å². The van der Waals surface area contributed by atoms with Gasteiger partial charge in [0.2, 0.25) is 15.9 Å². The number of hydrogen-bond donors (Lipinski definition) is 2. The van der Waals surface area contributed by atoms with Crippen LogP contribution in [-0.4, -0.2) is 20.4 Å². The molecule has 1 atom stereocenters. The van der Waals surface area contributed by atoms with Crippen LogP contribution in [0.1, 0.15) is 50.2 Å². The van der Waals surface area contributed by atoms with E-state index >= 15 is 0 Å². The number of halogens is 1. The summed E-state index contributed by atoms with van der Waals surface area (Å²) in [7, 11) is -3.65. The van der Waals surface area contributed by atoms with Crippen LogP contribution in [0.5, 0.6) is 0 Å². The van der Waals surface area contributed by atoms with Gasteiger partial charge in [0.1, 0.15) is 0 Å². The van der Waals surface area contributed by atoms with Crippen LogP contribution >= 0.6 is 11.6 Å². The Hall–Kier alpha value is -1.89. The summed E-state index contributed by atoms with van der Waals surface area (Å²) < 4.78 is 28.8. The first kappa shape index (κ1) is 20.4. The lowest BCUT2D eigenvalue weighted by atomic mass is 9.78. The molecule has 4 rings (SSSR count). The Kier molecular flexibility index (Phi) is 5.44. The predicted octanol–water partition coefficient (Wildman–Crippen LogP) is 4.40. The Balaban J connectivity index is 1.67. The topological polar surface area (TPSA) is 75.3 Å². The zero-order valence-corrected chi connectivity index (χ0v) is 17.9. The van der Waals surface area contributed by atoms with Crippen molar-refractivity contribution in [3.05, 3.63) is 58.6 Å². The van der Waals surface area contributed by atoms with Gasteiger partial charge in [-0.2, -0.15) is 0 Å². The van der Waals surface area contributed by atoms with E-state index in [4.69, 9.17) is 11.6 Å². The van der Waals surface area contributed by atoms with Gasteiger partial charge in [-0.15, -0.1) is 0 Å². The molecule has 1 heterocycles. The molecule has 0 bridgehead atoms. The van der Waals surface area contributed by atoms with Crippen molar-refractivity contribution in [3.63, 3.8) is 0 Å². The molecular weight excluding hydrogens is 408 g/mol. The number of benzene rings is 2. The van der Waals surface area contributed by atoms with Crippen LogP contribution in [0.3, 0.4) is 0 Å². The molecule has 2 aromatic carbocycles. The second kappa shape index (κ2) is 7.74. The Morgan fingerprint density at radius 2 is 1.86 bits per heavy atom. The number of sulfonamides is 1. The summed E-state index contributed by atoms with van der Waals surface area (Å²) in [4.78, 5) is 13.0. The van der Waals surface area contributed by atoms with Gasteiger partial charge >= 0.3 is 0 Å². The normalized spacial score (nSPS) is 22.3. The van der Waals surface area contributed by atoms with E-state index in [1.54, 1.807) is 24.3 Å². The minimum absolute atomic E-state index is 0.0173. The van der Waals surface area contributed by atoms with Gasteiger partial charge in [-0.05, 0) is 61.6 Å². The van der Waals surface area contributed by atoms with E-state index in [9.17, 15) is 13.2 Å². The molecule has 29 heavy (non-hydrogen) atoms. The van der Waals surface area contributed by atoms with Crippen molar-refractivity contribution in [2.24, 2.45) is 0 Å². The standard InChI is InChI=1S/C22H25ClN2O3S/c1-22(14-15-7-5-6-10-19(15)23)18-13-17(11-12-20(18)24-21(22)26)29(27,28)25-16-8-3-2-4-9-16/h5-7,10-13,16,25H,2-4,8-9,14H2,1H3,(H,24,26). The second-order valence-electron chi connectivity index (χ2n) is 8.22. The number of rotatable bonds is 5. The summed E-state index contributed by atoms with van der Waals surface area (Å²) in [6.45, 7) is 1.84. The highest BCUT2D eigenvalue weighted by Gasteiger charge is 2.43. The highest BCUT2D eigenvalue weighted by Crippen LogP contribution is 2.42. The minimum Gasteiger partial charge on any atom is -0.325 e. The summed E-state index contributed by atoms with van der Waals surface area (Å²) in [5, 5.41) is 3.49. The highest BCUT2D eigenvalue weighted by molar-refractivity contribution is 7.89. The third-order valence-electron chi connectivity index (χ3n) is 6.07. The van der Waals surface area contributed by atoms with Crippen molar-refractivity contribution in [2.75, 3.05) is 5.32 Å². The molecule has 0 aromatic heterocycles. The molecule has 2 aliphatic rings. The zero-order valence-electron chi connectivity index (χ0n) is 16.4. The highest BCUT2D eigenvalue weighted by atomic mass is 35.5. The van der Waals surface area contributed by atoms with E-state index in [0.29, 0.717) is 22.7 Å². The summed E-state index contributed by atoms with van der Waals surface area (Å²) in [5.74, 6) is -0.151. The van der Waals surface area contributed by atoms with Gasteiger partial charge in [0.25, 0.3) is 0 Å². The molecule has 154 valence electrons. The maximum atomic E-state index is 13.0. The smallest absolute Gasteiger partial charge is 0.240 e. The van der Waals surface area contributed by atoms with E-state index in [-0.39, 0.29) is 16.8 Å². The van der Waals surface area contributed by atoms with Gasteiger partial charge in [0, 0.05) is 16.8 Å². The Morgan fingerprint density at radius 3 is 2.59 bits per heavy atom. The van der Waals surface area contributed by atoms with Crippen LogP contribution in [0.25, 0.3) is 0 Å². The Labute approximate surface area is 176 Å². The summed E-state index contributed by atoms with van der Waals surface area (Å²) >= 11 is 6.31. The lowest BCUT2D eigenvalue weighted by Gasteiger charge is -2.24. The van der Waals surface area contributed by atoms with Crippen molar-refractivity contribution in [1.29, 1.82) is 0 Å². The van der Waals surface area contributed by atoms with Crippen molar-refractivity contribution < 1.29 is 13.2 Å². The van der Waals surface area contributed by atoms with Crippen LogP contribution in [0.2, 0.25) is 5.02 Å². The molecule has 1 unspecified atom stereocenters. The van der Waals surface area contributed by atoms with E-state index in [2.05, 4.69) is 10.0 Å². The van der Waals surface area contributed by atoms with Gasteiger partial charge < -0.3 is 5.32 Å². The van der Waals surface area contributed by atoms with Crippen molar-refractivity contribution in [1.82, 2.24) is 4.72 Å². The van der Waals surface area contributed by atoms with Crippen LogP contribution in [-0.2, 0) is 26.7 Å². The first-order valence-corrected chi connectivity index (χ1v) is 11.9. The Morgan fingerprint density at radius 1 is 1.14 bits per heavy atom. The maximum absolute atomic E-state index is 13.0. The van der Waals surface area contributed by atoms with Crippen molar-refractivity contribution >= 4 is 33.2 Å². The molecule has 7 heteroatoms. The van der Waals surface area contributed by atoms with Crippen LogP contribution < -0.4 is 10.0 Å². The number of fused-ring (bicyclic) bond motifs is 1. The molecule has 0 spiro atoms. The molecule has 5 nitrogen and oxygen atoms in total. The first-order valence-electron chi connectivity index (χ1n) is 10.0. The number of carbonyl (C=O) groups excluding carboxylic acids is 1. The zero-order chi connectivity index (χ0) is 20.6. The fourth-order valence-corrected chi connectivity index (χ4v) is 5.88. The quantitative estimate of drug-likeness (QED) is 0.735. The van der Waals surface area contributed by atoms with E-state index < -0.39 is 15.4 Å². The fraction of sp³-hybridized carbons (Fsp3) is 0.409. The predicted molar refractivity (Wildman–Crippen MR) is 115 cm³/mol. The number of hydrogen-bond acceptors (Lipinski definition) is 3. The third-order valence-corrected chi connectivity index (χ3v) is 7.96. The molecule has 1 aliphatic heterocycles. The second-order valence-corrected chi connectivity index (χ2v) is 10.3. The summed E-state index contributed by atoms with van der Waals surface area (Å²) in [6.07, 6.45) is 5.39. The van der Waals surface area contributed by atoms with Crippen LogP contribution in [0, 0.1) is 0 Å². The minimum atomic E-state index is -3.65. The summed E-state index contributed by atoms with van der Waals surface area (Å²) in [5.41, 5.74) is 1.31. The van der Waals surface area contributed by atoms with Crippen LogP contribution in [0.15, 0.2) is 47.4 Å². The SMILES string of the molecule is CC1(Cc2ccccc2Cl)C(=O)Nc2ccc(S(=O)(=O)NC3CCCCC3)cc21. The van der Waals surface area contributed by atoms with Gasteiger partial charge in [-0.1, -0.05) is 49.1 Å².